The highest BCUT2D eigenvalue weighted by atomic mass is 127. The summed E-state index contributed by atoms with van der Waals surface area (Å²) < 4.78 is 14.4. The molecule has 72 valence electrons. The van der Waals surface area contributed by atoms with Gasteiger partial charge in [0.25, 0.3) is 0 Å². The number of nitrogens with one attached hydrogen (secondary N) is 1. The summed E-state index contributed by atoms with van der Waals surface area (Å²) >= 11 is 2.13. The molecule has 2 rings (SSSR count). The van der Waals surface area contributed by atoms with Gasteiger partial charge in [0.15, 0.2) is 11.6 Å². The van der Waals surface area contributed by atoms with Crippen molar-refractivity contribution in [3.8, 4) is 11.3 Å². The van der Waals surface area contributed by atoms with Crippen molar-refractivity contribution in [2.75, 3.05) is 5.73 Å². The molecule has 0 aliphatic rings. The van der Waals surface area contributed by atoms with Crippen LogP contribution in [0.2, 0.25) is 0 Å². The summed E-state index contributed by atoms with van der Waals surface area (Å²) in [5, 5.41) is 6.18. The van der Waals surface area contributed by atoms with E-state index in [-0.39, 0.29) is 5.82 Å². The van der Waals surface area contributed by atoms with Gasteiger partial charge in [0.2, 0.25) is 0 Å². The average molecular weight is 303 g/mol. The molecule has 3 N–H and O–H groups in total. The number of anilines is 1. The van der Waals surface area contributed by atoms with E-state index in [1.165, 1.54) is 0 Å². The standard InChI is InChI=1S/C9H7FIN3/c10-7-8(13-14-9(7)12)5-3-1-2-4-6(5)11/h1-4H,(H3,12,13,14). The number of hydrogen-bond acceptors (Lipinski definition) is 2. The maximum absolute atomic E-state index is 13.4. The molecule has 1 heterocycles. The van der Waals surface area contributed by atoms with Gasteiger partial charge in [0.1, 0.15) is 5.69 Å². The molecule has 0 unspecified atom stereocenters. The molecule has 1 aromatic heterocycles. The van der Waals surface area contributed by atoms with Crippen molar-refractivity contribution in [2.45, 2.75) is 0 Å². The second kappa shape index (κ2) is 3.56. The van der Waals surface area contributed by atoms with E-state index in [0.717, 1.165) is 9.13 Å². The van der Waals surface area contributed by atoms with Crippen LogP contribution in [0.5, 0.6) is 0 Å². The van der Waals surface area contributed by atoms with E-state index in [1.54, 1.807) is 0 Å². The summed E-state index contributed by atoms with van der Waals surface area (Å²) in [4.78, 5) is 0. The van der Waals surface area contributed by atoms with Gasteiger partial charge < -0.3 is 5.73 Å². The number of hydrogen-bond donors (Lipinski definition) is 2. The van der Waals surface area contributed by atoms with Gasteiger partial charge in [-0.3, -0.25) is 5.10 Å². The second-order valence-corrected chi connectivity index (χ2v) is 3.94. The first kappa shape index (κ1) is 9.45. The zero-order chi connectivity index (χ0) is 10.1. The van der Waals surface area contributed by atoms with Gasteiger partial charge in [-0.05, 0) is 28.7 Å². The summed E-state index contributed by atoms with van der Waals surface area (Å²) in [6.07, 6.45) is 0. The smallest absolute Gasteiger partial charge is 0.192 e. The lowest BCUT2D eigenvalue weighted by molar-refractivity contribution is 0.636. The molecule has 0 radical (unpaired) electrons. The number of aromatic nitrogens is 2. The summed E-state index contributed by atoms with van der Waals surface area (Å²) in [5.41, 5.74) is 6.42. The van der Waals surface area contributed by atoms with Crippen molar-refractivity contribution in [2.24, 2.45) is 0 Å². The van der Waals surface area contributed by atoms with E-state index >= 15 is 0 Å². The Morgan fingerprint density at radius 2 is 2.07 bits per heavy atom. The van der Waals surface area contributed by atoms with Crippen LogP contribution in [0.3, 0.4) is 0 Å². The number of nitrogens with zero attached hydrogens (tertiary/aromatic N) is 1. The minimum Gasteiger partial charge on any atom is -0.380 e. The lowest BCUT2D eigenvalue weighted by Gasteiger charge is -2.00. The predicted molar refractivity (Wildman–Crippen MR) is 61.1 cm³/mol. The minimum atomic E-state index is -0.492. The maximum atomic E-state index is 13.4. The summed E-state index contributed by atoms with van der Waals surface area (Å²) in [6.45, 7) is 0. The molecule has 14 heavy (non-hydrogen) atoms. The number of halogens is 2. The van der Waals surface area contributed by atoms with E-state index in [1.807, 2.05) is 24.3 Å². The topological polar surface area (TPSA) is 54.7 Å². The highest BCUT2D eigenvalue weighted by molar-refractivity contribution is 14.1. The van der Waals surface area contributed by atoms with E-state index in [4.69, 9.17) is 5.73 Å². The normalized spacial score (nSPS) is 10.4. The van der Waals surface area contributed by atoms with Gasteiger partial charge in [-0.1, -0.05) is 18.2 Å². The molecule has 0 spiro atoms. The third kappa shape index (κ3) is 1.47. The van der Waals surface area contributed by atoms with Gasteiger partial charge in [-0.25, -0.2) is 4.39 Å². The van der Waals surface area contributed by atoms with E-state index in [9.17, 15) is 4.39 Å². The molecule has 2 aromatic rings. The molecule has 0 bridgehead atoms. The third-order valence-corrected chi connectivity index (χ3v) is 2.82. The fourth-order valence-corrected chi connectivity index (χ4v) is 1.84. The third-order valence-electron chi connectivity index (χ3n) is 1.88. The van der Waals surface area contributed by atoms with Crippen LogP contribution >= 0.6 is 22.6 Å². The van der Waals surface area contributed by atoms with Crippen molar-refractivity contribution < 1.29 is 4.39 Å². The first-order valence-corrected chi connectivity index (χ1v) is 5.02. The average Bonchev–Trinajstić information content (AvgIpc) is 2.49. The van der Waals surface area contributed by atoms with Crippen LogP contribution in [0.1, 0.15) is 0 Å². The lowest BCUT2D eigenvalue weighted by atomic mass is 10.1. The van der Waals surface area contributed by atoms with E-state index in [2.05, 4.69) is 32.8 Å². The molecule has 5 heteroatoms. The van der Waals surface area contributed by atoms with E-state index in [0.29, 0.717) is 5.69 Å². The molecule has 0 fully saturated rings. The molecular formula is C9H7FIN3. The summed E-state index contributed by atoms with van der Waals surface area (Å²) in [5.74, 6) is -0.589. The Balaban J connectivity index is 2.60. The fourth-order valence-electron chi connectivity index (χ4n) is 1.18. The Morgan fingerprint density at radius 3 is 2.64 bits per heavy atom. The molecule has 0 amide bonds. The van der Waals surface area contributed by atoms with Crippen molar-refractivity contribution in [1.82, 2.24) is 10.2 Å². The molecule has 0 atom stereocenters. The highest BCUT2D eigenvalue weighted by Crippen LogP contribution is 2.27. The van der Waals surface area contributed by atoms with Crippen LogP contribution in [0, 0.1) is 9.39 Å². The number of rotatable bonds is 1. The predicted octanol–water partition coefficient (Wildman–Crippen LogP) is 2.40. The Hall–Kier alpha value is -1.11. The Kier molecular flexibility index (Phi) is 2.40. The Morgan fingerprint density at radius 1 is 1.36 bits per heavy atom. The molecule has 0 aliphatic heterocycles. The molecular weight excluding hydrogens is 296 g/mol. The van der Waals surface area contributed by atoms with Gasteiger partial charge in [-0.2, -0.15) is 5.10 Å². The van der Waals surface area contributed by atoms with Gasteiger partial charge in [-0.15, -0.1) is 0 Å². The second-order valence-electron chi connectivity index (χ2n) is 2.78. The minimum absolute atomic E-state index is 0.0975. The summed E-state index contributed by atoms with van der Waals surface area (Å²) in [7, 11) is 0. The van der Waals surface area contributed by atoms with Crippen molar-refractivity contribution in [3.63, 3.8) is 0 Å². The maximum Gasteiger partial charge on any atom is 0.192 e. The fraction of sp³-hybridized carbons (Fsp3) is 0. The Labute approximate surface area is 93.7 Å². The number of aromatic amines is 1. The highest BCUT2D eigenvalue weighted by Gasteiger charge is 2.13. The summed E-state index contributed by atoms with van der Waals surface area (Å²) in [6, 6.07) is 7.45. The monoisotopic (exact) mass is 303 g/mol. The van der Waals surface area contributed by atoms with Crippen LogP contribution in [0.15, 0.2) is 24.3 Å². The van der Waals surface area contributed by atoms with Gasteiger partial charge in [0.05, 0.1) is 0 Å². The van der Waals surface area contributed by atoms with Crippen molar-refractivity contribution >= 4 is 28.4 Å². The van der Waals surface area contributed by atoms with Crippen LogP contribution in [0.25, 0.3) is 11.3 Å². The van der Waals surface area contributed by atoms with Crippen LogP contribution in [-0.4, -0.2) is 10.2 Å². The number of benzene rings is 1. The molecule has 0 aliphatic carbocycles. The molecule has 0 saturated carbocycles. The molecule has 3 nitrogen and oxygen atoms in total. The number of nitrogen functional groups attached to an aromatic ring is 1. The SMILES string of the molecule is Nc1n[nH]c(-c2ccccc2I)c1F. The number of nitrogens with two attached hydrogens (primary N) is 1. The molecule has 1 aromatic carbocycles. The van der Waals surface area contributed by atoms with Crippen molar-refractivity contribution in [1.29, 1.82) is 0 Å². The van der Waals surface area contributed by atoms with E-state index < -0.39 is 5.82 Å². The van der Waals surface area contributed by atoms with Gasteiger partial charge >= 0.3 is 0 Å². The van der Waals surface area contributed by atoms with Crippen molar-refractivity contribution in [3.05, 3.63) is 33.7 Å². The largest absolute Gasteiger partial charge is 0.380 e. The van der Waals surface area contributed by atoms with Crippen LogP contribution in [-0.2, 0) is 0 Å². The first-order valence-electron chi connectivity index (χ1n) is 3.94. The quantitative estimate of drug-likeness (QED) is 0.795. The van der Waals surface area contributed by atoms with Crippen LogP contribution in [0.4, 0.5) is 10.2 Å². The first-order chi connectivity index (χ1) is 6.70. The molecule has 0 saturated heterocycles. The Bertz CT molecular complexity index is 467. The van der Waals surface area contributed by atoms with Gasteiger partial charge in [0, 0.05) is 9.13 Å². The number of H-pyrrole nitrogens is 1. The van der Waals surface area contributed by atoms with Crippen LogP contribution < -0.4 is 5.73 Å². The zero-order valence-electron chi connectivity index (χ0n) is 7.09. The zero-order valence-corrected chi connectivity index (χ0v) is 9.25. The lowest BCUT2D eigenvalue weighted by Crippen LogP contribution is -1.88.